The number of aliphatic hydroxyl groups is 1. The highest BCUT2D eigenvalue weighted by molar-refractivity contribution is 7.09. The summed E-state index contributed by atoms with van der Waals surface area (Å²) >= 11 is 1.63. The molecule has 4 nitrogen and oxygen atoms in total. The molecule has 24 heavy (non-hydrogen) atoms. The monoisotopic (exact) mass is 344 g/mol. The lowest BCUT2D eigenvalue weighted by molar-refractivity contribution is -0.121. The molecule has 1 atom stereocenters. The van der Waals surface area contributed by atoms with Gasteiger partial charge >= 0.3 is 0 Å². The molecule has 1 amide bonds. The number of amides is 1. The van der Waals surface area contributed by atoms with E-state index in [1.165, 1.54) is 12.8 Å². The van der Waals surface area contributed by atoms with Crippen LogP contribution in [-0.2, 0) is 11.2 Å². The average molecular weight is 344 g/mol. The Balaban J connectivity index is 1.49. The normalized spacial score (nSPS) is 16.2. The summed E-state index contributed by atoms with van der Waals surface area (Å²) < 4.78 is 0. The Hall–Kier alpha value is -1.72. The molecule has 1 aliphatic rings. The Labute approximate surface area is 146 Å². The van der Waals surface area contributed by atoms with Gasteiger partial charge in [-0.15, -0.1) is 11.3 Å². The van der Waals surface area contributed by atoms with Crippen molar-refractivity contribution in [2.24, 2.45) is 5.92 Å². The standard InChI is InChI=1S/C19H24N2O2S/c1-13-21-17(12-24-13)15-8-6-14(7-9-15)10-19(23)20-11-18(22)16-4-2-3-5-16/h6-9,12,16,18,22H,2-5,10-11H2,1H3,(H,20,23). The van der Waals surface area contributed by atoms with Gasteiger partial charge in [-0.05, 0) is 31.2 Å². The van der Waals surface area contributed by atoms with Gasteiger partial charge in [0.05, 0.1) is 23.2 Å². The summed E-state index contributed by atoms with van der Waals surface area (Å²) in [6.45, 7) is 2.35. The molecule has 0 saturated heterocycles. The predicted octanol–water partition coefficient (Wildman–Crippen LogP) is 3.33. The fraction of sp³-hybridized carbons (Fsp3) is 0.474. The summed E-state index contributed by atoms with van der Waals surface area (Å²) in [7, 11) is 0. The van der Waals surface area contributed by atoms with Gasteiger partial charge in [-0.25, -0.2) is 4.98 Å². The Morgan fingerprint density at radius 2 is 2.04 bits per heavy atom. The third kappa shape index (κ3) is 4.42. The Kier molecular flexibility index (Phi) is 5.63. The van der Waals surface area contributed by atoms with Crippen molar-refractivity contribution in [2.75, 3.05) is 6.54 Å². The molecule has 0 radical (unpaired) electrons. The molecule has 0 bridgehead atoms. The van der Waals surface area contributed by atoms with Crippen molar-refractivity contribution in [1.29, 1.82) is 0 Å². The van der Waals surface area contributed by atoms with E-state index >= 15 is 0 Å². The molecule has 1 heterocycles. The maximum atomic E-state index is 12.1. The summed E-state index contributed by atoms with van der Waals surface area (Å²) in [6.07, 6.45) is 4.48. The number of nitrogens with zero attached hydrogens (tertiary/aromatic N) is 1. The predicted molar refractivity (Wildman–Crippen MR) is 97.0 cm³/mol. The number of hydrogen-bond donors (Lipinski definition) is 2. The molecule has 5 heteroatoms. The first-order valence-corrected chi connectivity index (χ1v) is 9.46. The summed E-state index contributed by atoms with van der Waals surface area (Å²) in [5.74, 6) is 0.315. The van der Waals surface area contributed by atoms with Gasteiger partial charge in [0, 0.05) is 17.5 Å². The van der Waals surface area contributed by atoms with Crippen LogP contribution in [0.15, 0.2) is 29.6 Å². The van der Waals surface area contributed by atoms with E-state index in [1.807, 2.05) is 36.6 Å². The second-order valence-electron chi connectivity index (χ2n) is 6.54. The topological polar surface area (TPSA) is 62.2 Å². The zero-order valence-corrected chi connectivity index (χ0v) is 14.8. The van der Waals surface area contributed by atoms with Gasteiger partial charge in [0.25, 0.3) is 0 Å². The van der Waals surface area contributed by atoms with E-state index in [2.05, 4.69) is 10.3 Å². The summed E-state index contributed by atoms with van der Waals surface area (Å²) in [5.41, 5.74) is 3.02. The number of aliphatic hydroxyl groups excluding tert-OH is 1. The zero-order valence-electron chi connectivity index (χ0n) is 14.0. The number of aromatic nitrogens is 1. The number of rotatable bonds is 6. The molecule has 1 fully saturated rings. The minimum atomic E-state index is -0.410. The van der Waals surface area contributed by atoms with E-state index in [0.29, 0.717) is 18.9 Å². The van der Waals surface area contributed by atoms with Crippen molar-refractivity contribution < 1.29 is 9.90 Å². The lowest BCUT2D eigenvalue weighted by Crippen LogP contribution is -2.36. The summed E-state index contributed by atoms with van der Waals surface area (Å²) in [4.78, 5) is 16.5. The van der Waals surface area contributed by atoms with Crippen molar-refractivity contribution in [2.45, 2.75) is 45.1 Å². The van der Waals surface area contributed by atoms with E-state index in [-0.39, 0.29) is 5.91 Å². The maximum Gasteiger partial charge on any atom is 0.224 e. The lowest BCUT2D eigenvalue weighted by atomic mass is 10.0. The van der Waals surface area contributed by atoms with Crippen molar-refractivity contribution in [3.05, 3.63) is 40.2 Å². The van der Waals surface area contributed by atoms with Gasteiger partial charge < -0.3 is 10.4 Å². The van der Waals surface area contributed by atoms with Crippen LogP contribution in [0.5, 0.6) is 0 Å². The van der Waals surface area contributed by atoms with Crippen molar-refractivity contribution >= 4 is 17.2 Å². The number of carbonyl (C=O) groups is 1. The second-order valence-corrected chi connectivity index (χ2v) is 7.60. The zero-order chi connectivity index (χ0) is 16.9. The smallest absolute Gasteiger partial charge is 0.224 e. The minimum Gasteiger partial charge on any atom is -0.391 e. The van der Waals surface area contributed by atoms with Crippen LogP contribution in [0.4, 0.5) is 0 Å². The highest BCUT2D eigenvalue weighted by Gasteiger charge is 2.23. The molecular formula is C19H24N2O2S. The van der Waals surface area contributed by atoms with Crippen LogP contribution in [0.1, 0.15) is 36.3 Å². The van der Waals surface area contributed by atoms with Gasteiger partial charge in [-0.1, -0.05) is 37.1 Å². The average Bonchev–Trinajstić information content (AvgIpc) is 3.25. The van der Waals surface area contributed by atoms with E-state index in [0.717, 1.165) is 34.7 Å². The molecule has 1 aromatic carbocycles. The van der Waals surface area contributed by atoms with Gasteiger partial charge in [-0.2, -0.15) is 0 Å². The molecule has 2 N–H and O–H groups in total. The second kappa shape index (κ2) is 7.90. The quantitative estimate of drug-likeness (QED) is 0.845. The van der Waals surface area contributed by atoms with Gasteiger partial charge in [0.2, 0.25) is 5.91 Å². The molecule has 3 rings (SSSR count). The number of carbonyl (C=O) groups excluding carboxylic acids is 1. The van der Waals surface area contributed by atoms with Crippen LogP contribution >= 0.6 is 11.3 Å². The lowest BCUT2D eigenvalue weighted by Gasteiger charge is -2.18. The Morgan fingerprint density at radius 1 is 1.33 bits per heavy atom. The molecule has 2 aromatic rings. The SMILES string of the molecule is Cc1nc(-c2ccc(CC(=O)NCC(O)C3CCCC3)cc2)cs1. The largest absolute Gasteiger partial charge is 0.391 e. The van der Waals surface area contributed by atoms with Crippen LogP contribution in [0.2, 0.25) is 0 Å². The molecule has 1 saturated carbocycles. The highest BCUT2D eigenvalue weighted by atomic mass is 32.1. The summed E-state index contributed by atoms with van der Waals surface area (Å²) in [5, 5.41) is 16.1. The van der Waals surface area contributed by atoms with Crippen LogP contribution in [0, 0.1) is 12.8 Å². The number of hydrogen-bond acceptors (Lipinski definition) is 4. The Bertz CT molecular complexity index is 675. The van der Waals surface area contributed by atoms with Crippen molar-refractivity contribution in [3.63, 3.8) is 0 Å². The molecule has 128 valence electrons. The van der Waals surface area contributed by atoms with E-state index < -0.39 is 6.10 Å². The number of benzene rings is 1. The van der Waals surface area contributed by atoms with Gasteiger partial charge in [0.15, 0.2) is 0 Å². The number of thiazole rings is 1. The Morgan fingerprint density at radius 3 is 2.67 bits per heavy atom. The van der Waals surface area contributed by atoms with Crippen LogP contribution in [0.25, 0.3) is 11.3 Å². The van der Waals surface area contributed by atoms with Crippen LogP contribution in [0.3, 0.4) is 0 Å². The third-order valence-electron chi connectivity index (χ3n) is 4.69. The van der Waals surface area contributed by atoms with Crippen molar-refractivity contribution in [1.82, 2.24) is 10.3 Å². The molecule has 0 aliphatic heterocycles. The highest BCUT2D eigenvalue weighted by Crippen LogP contribution is 2.27. The van der Waals surface area contributed by atoms with Gasteiger partial charge in [0.1, 0.15) is 0 Å². The molecule has 1 aliphatic carbocycles. The third-order valence-corrected chi connectivity index (χ3v) is 5.46. The number of aryl methyl sites for hydroxylation is 1. The van der Waals surface area contributed by atoms with Crippen LogP contribution in [-0.4, -0.2) is 28.6 Å². The molecular weight excluding hydrogens is 320 g/mol. The molecule has 0 spiro atoms. The fourth-order valence-corrected chi connectivity index (χ4v) is 3.89. The van der Waals surface area contributed by atoms with Crippen LogP contribution < -0.4 is 5.32 Å². The first kappa shape index (κ1) is 17.1. The van der Waals surface area contributed by atoms with E-state index in [4.69, 9.17) is 0 Å². The molecule has 1 aromatic heterocycles. The van der Waals surface area contributed by atoms with E-state index in [1.54, 1.807) is 11.3 Å². The maximum absolute atomic E-state index is 12.1. The summed E-state index contributed by atoms with van der Waals surface area (Å²) in [6, 6.07) is 7.95. The first-order chi connectivity index (χ1) is 11.6. The van der Waals surface area contributed by atoms with Crippen molar-refractivity contribution in [3.8, 4) is 11.3 Å². The minimum absolute atomic E-state index is 0.0377. The number of nitrogens with one attached hydrogen (secondary N) is 1. The molecule has 1 unspecified atom stereocenters. The van der Waals surface area contributed by atoms with Gasteiger partial charge in [-0.3, -0.25) is 4.79 Å². The first-order valence-electron chi connectivity index (χ1n) is 8.58. The fourth-order valence-electron chi connectivity index (χ4n) is 3.26. The van der Waals surface area contributed by atoms with E-state index in [9.17, 15) is 9.90 Å².